The lowest BCUT2D eigenvalue weighted by molar-refractivity contribution is -0.145. The predicted octanol–water partition coefficient (Wildman–Crippen LogP) is 4.54. The fourth-order valence-electron chi connectivity index (χ4n) is 4.84. The first-order chi connectivity index (χ1) is 21.4. The van der Waals surface area contributed by atoms with Gasteiger partial charge in [-0.2, -0.15) is 0 Å². The van der Waals surface area contributed by atoms with Crippen LogP contribution in [0.4, 0.5) is 0 Å². The molecule has 0 amide bonds. The maximum Gasteiger partial charge on any atom is 0.344 e. The highest BCUT2D eigenvalue weighted by molar-refractivity contribution is 7.07. The molecule has 0 fully saturated rings. The van der Waals surface area contributed by atoms with Crippen LogP contribution in [0.2, 0.25) is 5.02 Å². The van der Waals surface area contributed by atoms with E-state index in [-0.39, 0.29) is 47.5 Å². The number of fused-ring (bicyclic) bond motifs is 1. The molecule has 226 valence electrons. The maximum absolute atomic E-state index is 14.1. The zero-order valence-corrected chi connectivity index (χ0v) is 25.8. The maximum atomic E-state index is 14.1. The Balaban J connectivity index is 1.68. The first-order valence-electron chi connectivity index (χ1n) is 13.9. The van der Waals surface area contributed by atoms with Crippen LogP contribution in [0.5, 0.6) is 11.5 Å². The summed E-state index contributed by atoms with van der Waals surface area (Å²) in [6, 6.07) is 21.2. The summed E-state index contributed by atoms with van der Waals surface area (Å²) in [5.41, 5.74) is 2.40. The average Bonchev–Trinajstić information content (AvgIpc) is 3.34. The number of hydrogen-bond donors (Lipinski definition) is 0. The largest absolute Gasteiger partial charge is 0.493 e. The van der Waals surface area contributed by atoms with Gasteiger partial charge in [-0.3, -0.25) is 9.36 Å². The SMILES string of the molecule is CCOC(=O)COc1c(Cl)cc(/C=c2\sc3n(c2=O)[C@H](c2ccccc2)C(C(=O)OCC)=C(c2ccccc2)N=3)cc1OC. The summed E-state index contributed by atoms with van der Waals surface area (Å²) in [4.78, 5) is 44.7. The minimum absolute atomic E-state index is 0.165. The van der Waals surface area contributed by atoms with E-state index in [0.29, 0.717) is 20.6 Å². The van der Waals surface area contributed by atoms with Gasteiger partial charge in [-0.1, -0.05) is 83.6 Å². The smallest absolute Gasteiger partial charge is 0.344 e. The van der Waals surface area contributed by atoms with Crippen LogP contribution in [0, 0.1) is 0 Å². The average molecular weight is 633 g/mol. The molecule has 1 atom stereocenters. The van der Waals surface area contributed by atoms with E-state index in [1.807, 2.05) is 60.7 Å². The van der Waals surface area contributed by atoms with Crippen LogP contribution >= 0.6 is 22.9 Å². The number of hydrogen-bond acceptors (Lipinski definition) is 9. The molecule has 4 aromatic rings. The summed E-state index contributed by atoms with van der Waals surface area (Å²) in [6.07, 6.45) is 1.67. The van der Waals surface area contributed by atoms with Crippen molar-refractivity contribution < 1.29 is 28.5 Å². The second kappa shape index (κ2) is 13.7. The highest BCUT2D eigenvalue weighted by Gasteiger charge is 2.35. The lowest BCUT2D eigenvalue weighted by atomic mass is 9.93. The van der Waals surface area contributed by atoms with Crippen molar-refractivity contribution in [3.63, 3.8) is 0 Å². The number of aromatic nitrogens is 1. The van der Waals surface area contributed by atoms with E-state index < -0.39 is 18.0 Å². The van der Waals surface area contributed by atoms with Gasteiger partial charge in [-0.15, -0.1) is 0 Å². The van der Waals surface area contributed by atoms with Crippen LogP contribution < -0.4 is 24.4 Å². The number of thiazole rings is 1. The highest BCUT2D eigenvalue weighted by atomic mass is 35.5. The van der Waals surface area contributed by atoms with Gasteiger partial charge in [0.2, 0.25) is 0 Å². The van der Waals surface area contributed by atoms with Crippen LogP contribution in [-0.4, -0.2) is 43.4 Å². The summed E-state index contributed by atoms with van der Waals surface area (Å²) >= 11 is 7.71. The Morgan fingerprint density at radius 1 is 1.00 bits per heavy atom. The van der Waals surface area contributed by atoms with E-state index in [2.05, 4.69) is 0 Å². The third-order valence-corrected chi connectivity index (χ3v) is 7.94. The number of esters is 2. The topological polar surface area (TPSA) is 105 Å². The minimum atomic E-state index is -0.777. The van der Waals surface area contributed by atoms with Gasteiger partial charge in [-0.25, -0.2) is 14.6 Å². The highest BCUT2D eigenvalue weighted by Crippen LogP contribution is 2.37. The van der Waals surface area contributed by atoms with Gasteiger partial charge in [0.25, 0.3) is 5.56 Å². The van der Waals surface area contributed by atoms with Crippen molar-refractivity contribution in [2.45, 2.75) is 19.9 Å². The van der Waals surface area contributed by atoms with E-state index in [4.69, 9.17) is 35.5 Å². The fraction of sp³-hybridized carbons (Fsp3) is 0.212. The molecule has 0 spiro atoms. The number of benzene rings is 3. The molecule has 0 saturated heterocycles. The molecule has 5 rings (SSSR count). The minimum Gasteiger partial charge on any atom is -0.493 e. The van der Waals surface area contributed by atoms with Gasteiger partial charge in [0, 0.05) is 5.56 Å². The van der Waals surface area contributed by atoms with Gasteiger partial charge in [0.05, 0.1) is 47.2 Å². The van der Waals surface area contributed by atoms with Crippen molar-refractivity contribution in [3.05, 3.63) is 120 Å². The van der Waals surface area contributed by atoms with Gasteiger partial charge in [0.15, 0.2) is 22.9 Å². The number of nitrogens with zero attached hydrogens (tertiary/aromatic N) is 2. The molecule has 0 aliphatic carbocycles. The molecule has 9 nitrogen and oxygen atoms in total. The predicted molar refractivity (Wildman–Crippen MR) is 168 cm³/mol. The molecule has 0 unspecified atom stereocenters. The molecule has 44 heavy (non-hydrogen) atoms. The Morgan fingerprint density at radius 3 is 2.34 bits per heavy atom. The van der Waals surface area contributed by atoms with Crippen molar-refractivity contribution in [1.29, 1.82) is 0 Å². The summed E-state index contributed by atoms with van der Waals surface area (Å²) < 4.78 is 23.3. The van der Waals surface area contributed by atoms with Crippen LogP contribution in [-0.2, 0) is 19.1 Å². The Kier molecular flexibility index (Phi) is 9.62. The summed E-state index contributed by atoms with van der Waals surface area (Å²) in [6.45, 7) is 3.49. The van der Waals surface area contributed by atoms with Gasteiger partial charge in [-0.05, 0) is 43.2 Å². The molecule has 0 radical (unpaired) electrons. The number of carbonyl (C=O) groups excluding carboxylic acids is 2. The molecule has 11 heteroatoms. The van der Waals surface area contributed by atoms with Crippen molar-refractivity contribution in [1.82, 2.24) is 4.57 Å². The first kappa shape index (κ1) is 30.8. The van der Waals surface area contributed by atoms with Crippen molar-refractivity contribution in [2.75, 3.05) is 26.9 Å². The number of carbonyl (C=O) groups is 2. The van der Waals surface area contributed by atoms with E-state index in [1.54, 1.807) is 32.1 Å². The second-order valence-electron chi connectivity index (χ2n) is 9.47. The van der Waals surface area contributed by atoms with E-state index in [9.17, 15) is 14.4 Å². The molecular formula is C33H29ClN2O7S. The summed E-state index contributed by atoms with van der Waals surface area (Å²) in [5, 5.41) is 0.186. The van der Waals surface area contributed by atoms with E-state index in [1.165, 1.54) is 23.0 Å². The van der Waals surface area contributed by atoms with Gasteiger partial charge < -0.3 is 18.9 Å². The van der Waals surface area contributed by atoms with Crippen molar-refractivity contribution in [3.8, 4) is 11.5 Å². The molecule has 0 saturated carbocycles. The molecule has 3 aromatic carbocycles. The molecule has 1 aromatic heterocycles. The molecular weight excluding hydrogens is 604 g/mol. The van der Waals surface area contributed by atoms with Gasteiger partial charge >= 0.3 is 11.9 Å². The third-order valence-electron chi connectivity index (χ3n) is 6.68. The zero-order chi connectivity index (χ0) is 31.2. The first-order valence-corrected chi connectivity index (χ1v) is 15.0. The van der Waals surface area contributed by atoms with Crippen LogP contribution in [0.25, 0.3) is 11.8 Å². The van der Waals surface area contributed by atoms with Gasteiger partial charge in [0.1, 0.15) is 0 Å². The number of ether oxygens (including phenoxy) is 4. The van der Waals surface area contributed by atoms with E-state index >= 15 is 0 Å². The fourth-order valence-corrected chi connectivity index (χ4v) is 6.11. The number of halogens is 1. The lowest BCUT2D eigenvalue weighted by Crippen LogP contribution is -2.39. The molecule has 2 heterocycles. The monoisotopic (exact) mass is 632 g/mol. The van der Waals surface area contributed by atoms with Crippen LogP contribution in [0.1, 0.15) is 36.6 Å². The standard InChI is InChI=1S/C33H29ClN2O7S/c1-4-41-26(37)19-43-30-23(34)16-20(17-24(30)40-3)18-25-31(38)36-29(22-14-10-7-11-15-22)27(32(39)42-5-2)28(35-33(36)44-25)21-12-8-6-9-13-21/h6-18,29H,4-5,19H2,1-3H3/b25-18-/t29-/m1/s1. The summed E-state index contributed by atoms with van der Waals surface area (Å²) in [5.74, 6) is -0.635. The Hall–Kier alpha value is -4.67. The third kappa shape index (κ3) is 6.31. The Labute approximate surface area is 262 Å². The second-order valence-corrected chi connectivity index (χ2v) is 10.9. The molecule has 0 bridgehead atoms. The van der Waals surface area contributed by atoms with Crippen molar-refractivity contribution in [2.24, 2.45) is 4.99 Å². The lowest BCUT2D eigenvalue weighted by Gasteiger charge is -2.25. The van der Waals surface area contributed by atoms with Crippen LogP contribution in [0.3, 0.4) is 0 Å². The Morgan fingerprint density at radius 2 is 1.68 bits per heavy atom. The Bertz CT molecular complexity index is 1900. The van der Waals surface area contributed by atoms with E-state index in [0.717, 1.165) is 11.1 Å². The quantitative estimate of drug-likeness (QED) is 0.236. The molecule has 1 aliphatic heterocycles. The number of methoxy groups -OCH3 is 1. The molecule has 1 aliphatic rings. The number of rotatable bonds is 10. The van der Waals surface area contributed by atoms with Crippen molar-refractivity contribution >= 4 is 46.6 Å². The molecule has 0 N–H and O–H groups in total. The summed E-state index contributed by atoms with van der Waals surface area (Å²) in [7, 11) is 1.45. The normalized spacial score (nSPS) is 14.5. The zero-order valence-electron chi connectivity index (χ0n) is 24.2. The van der Waals surface area contributed by atoms with Crippen LogP contribution in [0.15, 0.2) is 88.2 Å².